The fraction of sp³-hybridized carbons (Fsp3) is 0.185. The van der Waals surface area contributed by atoms with Gasteiger partial charge in [-0.05, 0) is 72.8 Å². The molecule has 0 bridgehead atoms. The van der Waals surface area contributed by atoms with Crippen molar-refractivity contribution in [2.24, 2.45) is 0 Å². The van der Waals surface area contributed by atoms with Crippen LogP contribution in [-0.4, -0.2) is 48.1 Å². The predicted octanol–water partition coefficient (Wildman–Crippen LogP) is 5.89. The summed E-state index contributed by atoms with van der Waals surface area (Å²) >= 11 is 1.66. The molecule has 2 N–H and O–H groups in total. The molecule has 0 aliphatic carbocycles. The molecule has 5 aromatic heterocycles. The summed E-state index contributed by atoms with van der Waals surface area (Å²) in [5.74, 6) is 0.732. The topological polar surface area (TPSA) is 86.4 Å². The number of aromatic nitrogens is 6. The van der Waals surface area contributed by atoms with Crippen LogP contribution < -0.4 is 0 Å². The van der Waals surface area contributed by atoms with Crippen molar-refractivity contribution in [3.8, 4) is 33.2 Å². The summed E-state index contributed by atoms with van der Waals surface area (Å²) in [5.41, 5.74) is 7.96. The van der Waals surface area contributed by atoms with E-state index in [1.54, 1.807) is 11.3 Å². The van der Waals surface area contributed by atoms with Crippen LogP contribution >= 0.6 is 11.3 Å². The number of thiophene rings is 1. The van der Waals surface area contributed by atoms with E-state index in [0.29, 0.717) is 0 Å². The molecular weight excluding hydrogens is 454 g/mol. The maximum atomic E-state index is 4.92. The molecule has 1 fully saturated rings. The number of hydrogen-bond donors (Lipinski definition) is 2. The summed E-state index contributed by atoms with van der Waals surface area (Å²) in [6.45, 7) is 3.31. The second-order valence-electron chi connectivity index (χ2n) is 9.02. The maximum Gasteiger partial charge on any atom is 0.159 e. The predicted molar refractivity (Wildman–Crippen MR) is 140 cm³/mol. The third-order valence-corrected chi connectivity index (χ3v) is 7.55. The number of hydrogen-bond acceptors (Lipinski definition) is 6. The molecule has 1 aliphatic rings. The van der Waals surface area contributed by atoms with Gasteiger partial charge >= 0.3 is 0 Å². The van der Waals surface area contributed by atoms with Crippen LogP contribution in [0.4, 0.5) is 0 Å². The van der Waals surface area contributed by atoms with Crippen molar-refractivity contribution in [1.29, 1.82) is 0 Å². The summed E-state index contributed by atoms with van der Waals surface area (Å²) in [7, 11) is 0. The van der Waals surface area contributed by atoms with Gasteiger partial charge in [0.25, 0.3) is 0 Å². The lowest BCUT2D eigenvalue weighted by atomic mass is 10.0. The molecule has 6 heterocycles. The fourth-order valence-electron chi connectivity index (χ4n) is 4.95. The Labute approximate surface area is 205 Å². The molecule has 0 spiro atoms. The first kappa shape index (κ1) is 20.5. The second kappa shape index (κ2) is 8.41. The Hall–Kier alpha value is -3.88. The van der Waals surface area contributed by atoms with Gasteiger partial charge < -0.3 is 4.98 Å². The molecule has 0 unspecified atom stereocenters. The minimum absolute atomic E-state index is 0.732. The number of rotatable bonds is 5. The van der Waals surface area contributed by atoms with Crippen LogP contribution in [0.15, 0.2) is 66.4 Å². The van der Waals surface area contributed by atoms with Gasteiger partial charge in [0.1, 0.15) is 16.9 Å². The molecule has 7 rings (SSSR count). The summed E-state index contributed by atoms with van der Waals surface area (Å²) < 4.78 is 0. The van der Waals surface area contributed by atoms with E-state index < -0.39 is 0 Å². The van der Waals surface area contributed by atoms with Crippen LogP contribution in [-0.2, 0) is 6.54 Å². The first-order valence-corrected chi connectivity index (χ1v) is 12.7. The Balaban J connectivity index is 1.28. The van der Waals surface area contributed by atoms with E-state index in [1.165, 1.54) is 31.5 Å². The maximum absolute atomic E-state index is 4.92. The largest absolute Gasteiger partial charge is 0.336 e. The van der Waals surface area contributed by atoms with Crippen molar-refractivity contribution in [2.75, 3.05) is 13.1 Å². The molecular formula is C27H23N7S. The molecule has 0 radical (unpaired) electrons. The molecule has 1 aromatic carbocycles. The number of likely N-dealkylation sites (tertiary alicyclic amines) is 1. The number of pyridine rings is 2. The quantitative estimate of drug-likeness (QED) is 0.323. The van der Waals surface area contributed by atoms with Crippen LogP contribution in [0, 0.1) is 0 Å². The van der Waals surface area contributed by atoms with Gasteiger partial charge in [0.05, 0.1) is 15.9 Å². The smallest absolute Gasteiger partial charge is 0.159 e. The van der Waals surface area contributed by atoms with Gasteiger partial charge in [-0.3, -0.25) is 20.0 Å². The van der Waals surface area contributed by atoms with Gasteiger partial charge in [-0.2, -0.15) is 5.10 Å². The van der Waals surface area contributed by atoms with Gasteiger partial charge in [0.2, 0.25) is 0 Å². The minimum Gasteiger partial charge on any atom is -0.336 e. The highest BCUT2D eigenvalue weighted by Crippen LogP contribution is 2.33. The van der Waals surface area contributed by atoms with Gasteiger partial charge in [-0.25, -0.2) is 4.98 Å². The monoisotopic (exact) mass is 477 g/mol. The highest BCUT2D eigenvalue weighted by Gasteiger charge is 2.17. The summed E-state index contributed by atoms with van der Waals surface area (Å²) in [4.78, 5) is 21.1. The van der Waals surface area contributed by atoms with E-state index in [4.69, 9.17) is 4.98 Å². The molecule has 0 saturated carbocycles. The molecule has 7 nitrogen and oxygen atoms in total. The number of nitrogens with one attached hydrogen (secondary N) is 2. The Kier molecular flexibility index (Phi) is 4.92. The molecule has 0 amide bonds. The normalized spacial score (nSPS) is 14.4. The Bertz CT molecular complexity index is 1640. The van der Waals surface area contributed by atoms with E-state index in [0.717, 1.165) is 61.7 Å². The molecule has 35 heavy (non-hydrogen) atoms. The van der Waals surface area contributed by atoms with Crippen molar-refractivity contribution in [3.63, 3.8) is 0 Å². The van der Waals surface area contributed by atoms with E-state index in [-0.39, 0.29) is 0 Å². The Morgan fingerprint density at radius 3 is 2.77 bits per heavy atom. The minimum atomic E-state index is 0.732. The van der Waals surface area contributed by atoms with E-state index >= 15 is 0 Å². The Morgan fingerprint density at radius 2 is 1.89 bits per heavy atom. The highest BCUT2D eigenvalue weighted by molar-refractivity contribution is 7.13. The number of fused-ring (bicyclic) bond motifs is 2. The number of H-pyrrole nitrogens is 2. The third kappa shape index (κ3) is 3.71. The summed E-state index contributed by atoms with van der Waals surface area (Å²) in [5, 5.41) is 10.9. The molecule has 0 atom stereocenters. The van der Waals surface area contributed by atoms with Crippen LogP contribution in [0.3, 0.4) is 0 Å². The number of nitrogens with zero attached hydrogens (tertiary/aromatic N) is 5. The zero-order chi connectivity index (χ0) is 23.2. The first-order chi connectivity index (χ1) is 17.3. The Morgan fingerprint density at radius 1 is 0.943 bits per heavy atom. The lowest BCUT2D eigenvalue weighted by molar-refractivity contribution is 0.331. The van der Waals surface area contributed by atoms with Crippen LogP contribution in [0.25, 0.3) is 55.2 Å². The van der Waals surface area contributed by atoms with E-state index in [2.05, 4.69) is 65.8 Å². The fourth-order valence-corrected chi connectivity index (χ4v) is 5.67. The van der Waals surface area contributed by atoms with Gasteiger partial charge in [0, 0.05) is 36.1 Å². The number of benzene rings is 1. The first-order valence-electron chi connectivity index (χ1n) is 11.9. The van der Waals surface area contributed by atoms with Crippen molar-refractivity contribution in [3.05, 3.63) is 72.0 Å². The van der Waals surface area contributed by atoms with Crippen LogP contribution in [0.5, 0.6) is 0 Å². The van der Waals surface area contributed by atoms with Crippen molar-refractivity contribution < 1.29 is 0 Å². The standard InChI is InChI=1S/C27H23N7S/c1-2-10-34(9-1)16-17-12-19(15-28-14-17)18-5-6-21-20(13-18)24(33-32-21)27-30-22-7-8-29-26(25(22)31-27)23-4-3-11-35-23/h3-8,11-15H,1-2,9-10,16H2,(H,30,31)(H,32,33). The van der Waals surface area contributed by atoms with E-state index in [1.807, 2.05) is 30.7 Å². The summed E-state index contributed by atoms with van der Waals surface area (Å²) in [6.07, 6.45) is 8.33. The van der Waals surface area contributed by atoms with Gasteiger partial charge in [-0.15, -0.1) is 11.3 Å². The third-order valence-electron chi connectivity index (χ3n) is 6.68. The van der Waals surface area contributed by atoms with Crippen LogP contribution in [0.1, 0.15) is 18.4 Å². The molecule has 172 valence electrons. The molecule has 1 aliphatic heterocycles. The zero-order valence-electron chi connectivity index (χ0n) is 19.0. The van der Waals surface area contributed by atoms with Gasteiger partial charge in [0.15, 0.2) is 5.82 Å². The zero-order valence-corrected chi connectivity index (χ0v) is 19.8. The molecule has 6 aromatic rings. The van der Waals surface area contributed by atoms with Gasteiger partial charge in [-0.1, -0.05) is 12.1 Å². The van der Waals surface area contributed by atoms with Crippen molar-refractivity contribution in [1.82, 2.24) is 35.0 Å². The molecule has 8 heteroatoms. The summed E-state index contributed by atoms with van der Waals surface area (Å²) in [6, 6.07) is 14.7. The highest BCUT2D eigenvalue weighted by atomic mass is 32.1. The lowest BCUT2D eigenvalue weighted by Gasteiger charge is -2.14. The average molecular weight is 478 g/mol. The second-order valence-corrected chi connectivity index (χ2v) is 9.96. The van der Waals surface area contributed by atoms with Crippen LogP contribution in [0.2, 0.25) is 0 Å². The lowest BCUT2D eigenvalue weighted by Crippen LogP contribution is -2.18. The van der Waals surface area contributed by atoms with Crippen molar-refractivity contribution >= 4 is 33.3 Å². The number of aromatic amines is 2. The SMILES string of the molecule is c1csc(-c2nccc3[nH]c(-c4n[nH]c5ccc(-c6cncc(CN7CCCC7)c6)cc45)nc23)c1. The average Bonchev–Trinajstić information content (AvgIpc) is 3.70. The van der Waals surface area contributed by atoms with Crippen molar-refractivity contribution in [2.45, 2.75) is 19.4 Å². The molecule has 1 saturated heterocycles. The van der Waals surface area contributed by atoms with E-state index in [9.17, 15) is 0 Å². The number of imidazole rings is 1.